The molecule has 0 radical (unpaired) electrons. The smallest absolute Gasteiger partial charge is 0.261 e. The standard InChI is InChI=1S/C36H39N3O7S/c1-44-34-15-9-8-14-30(34)25-37-36(41)33(24-28-10-4-2-5-11-28)39(26-29-12-6-3-7-13-29)35(40)27-46-31-16-18-32(19-17-31)47(42,43)38-20-22-45-23-21-38/h2-19,33H,20-27H2,1H3,(H,37,41). The van der Waals surface area contributed by atoms with Gasteiger partial charge in [0.15, 0.2) is 6.61 Å². The van der Waals surface area contributed by atoms with Crippen molar-refractivity contribution >= 4 is 21.8 Å². The SMILES string of the molecule is COc1ccccc1CNC(=O)C(Cc1ccccc1)N(Cc1ccccc1)C(=O)COc1ccc(S(=O)(=O)N2CCOCC2)cc1. The normalized spacial score (nSPS) is 14.1. The molecule has 246 valence electrons. The minimum absolute atomic E-state index is 0.137. The monoisotopic (exact) mass is 657 g/mol. The number of amides is 2. The Morgan fingerprint density at radius 2 is 1.47 bits per heavy atom. The van der Waals surface area contributed by atoms with Crippen LogP contribution in [-0.4, -0.2) is 75.5 Å². The number of nitrogens with one attached hydrogen (secondary N) is 1. The lowest BCUT2D eigenvalue weighted by Gasteiger charge is -2.31. The Hall–Kier alpha value is -4.71. The zero-order valence-corrected chi connectivity index (χ0v) is 27.1. The Morgan fingerprint density at radius 1 is 0.851 bits per heavy atom. The van der Waals surface area contributed by atoms with Crippen molar-refractivity contribution in [2.75, 3.05) is 40.0 Å². The Morgan fingerprint density at radius 3 is 2.13 bits per heavy atom. The van der Waals surface area contributed by atoms with Crippen LogP contribution < -0.4 is 14.8 Å². The van der Waals surface area contributed by atoms with Crippen LogP contribution in [0, 0.1) is 0 Å². The maximum absolute atomic E-state index is 14.0. The van der Waals surface area contributed by atoms with Crippen molar-refractivity contribution in [3.8, 4) is 11.5 Å². The van der Waals surface area contributed by atoms with E-state index in [1.165, 1.54) is 33.5 Å². The lowest BCUT2D eigenvalue weighted by molar-refractivity contribution is -0.142. The minimum atomic E-state index is -3.67. The third-order valence-electron chi connectivity index (χ3n) is 7.91. The summed E-state index contributed by atoms with van der Waals surface area (Å²) < 4.78 is 44.0. The van der Waals surface area contributed by atoms with Crippen LogP contribution in [0.1, 0.15) is 16.7 Å². The summed E-state index contributed by atoms with van der Waals surface area (Å²) >= 11 is 0. The lowest BCUT2D eigenvalue weighted by atomic mass is 10.0. The largest absolute Gasteiger partial charge is 0.496 e. The number of methoxy groups -OCH3 is 1. The molecule has 1 aliphatic rings. The number of nitrogens with zero attached hydrogens (tertiary/aromatic N) is 2. The zero-order valence-electron chi connectivity index (χ0n) is 26.3. The number of morpholine rings is 1. The van der Waals surface area contributed by atoms with Gasteiger partial charge in [0.05, 0.1) is 25.2 Å². The van der Waals surface area contributed by atoms with E-state index in [0.29, 0.717) is 37.8 Å². The third kappa shape index (κ3) is 8.97. The Balaban J connectivity index is 1.35. The van der Waals surface area contributed by atoms with Gasteiger partial charge in [-0.1, -0.05) is 78.9 Å². The second-order valence-corrected chi connectivity index (χ2v) is 13.0. The van der Waals surface area contributed by atoms with Crippen LogP contribution in [0.3, 0.4) is 0 Å². The predicted molar refractivity (Wildman–Crippen MR) is 177 cm³/mol. The topological polar surface area (TPSA) is 114 Å². The van der Waals surface area contributed by atoms with Crippen molar-refractivity contribution in [2.24, 2.45) is 0 Å². The molecule has 0 aliphatic carbocycles. The van der Waals surface area contributed by atoms with Crippen molar-refractivity contribution in [3.05, 3.63) is 126 Å². The first-order valence-corrected chi connectivity index (χ1v) is 16.9. The molecular weight excluding hydrogens is 618 g/mol. The first-order valence-electron chi connectivity index (χ1n) is 15.4. The number of sulfonamides is 1. The molecule has 10 nitrogen and oxygen atoms in total. The van der Waals surface area contributed by atoms with Crippen molar-refractivity contribution in [2.45, 2.75) is 30.4 Å². The van der Waals surface area contributed by atoms with E-state index in [4.69, 9.17) is 14.2 Å². The number of ether oxygens (including phenoxy) is 3. The fraction of sp³-hybridized carbons (Fsp3) is 0.278. The molecule has 1 atom stereocenters. The van der Waals surface area contributed by atoms with Crippen LogP contribution >= 0.6 is 0 Å². The first-order chi connectivity index (χ1) is 22.8. The van der Waals surface area contributed by atoms with Gasteiger partial charge >= 0.3 is 0 Å². The van der Waals surface area contributed by atoms with Gasteiger partial charge in [0.1, 0.15) is 17.5 Å². The van der Waals surface area contributed by atoms with Crippen LogP contribution in [0.5, 0.6) is 11.5 Å². The highest BCUT2D eigenvalue weighted by Gasteiger charge is 2.31. The molecule has 1 aliphatic heterocycles. The fourth-order valence-corrected chi connectivity index (χ4v) is 6.76. The molecule has 1 unspecified atom stereocenters. The minimum Gasteiger partial charge on any atom is -0.496 e. The van der Waals surface area contributed by atoms with E-state index < -0.39 is 22.0 Å². The Bertz CT molecular complexity index is 1710. The van der Waals surface area contributed by atoms with Gasteiger partial charge in [0, 0.05) is 38.2 Å². The van der Waals surface area contributed by atoms with Crippen LogP contribution in [0.2, 0.25) is 0 Å². The number of benzene rings is 4. The highest BCUT2D eigenvalue weighted by Crippen LogP contribution is 2.22. The molecule has 2 amide bonds. The van der Waals surface area contributed by atoms with Gasteiger partial charge in [-0.15, -0.1) is 0 Å². The molecule has 1 saturated heterocycles. The highest BCUT2D eigenvalue weighted by atomic mass is 32.2. The highest BCUT2D eigenvalue weighted by molar-refractivity contribution is 7.89. The molecule has 5 rings (SSSR count). The molecule has 0 bridgehead atoms. The van der Waals surface area contributed by atoms with E-state index in [-0.39, 0.29) is 36.9 Å². The fourth-order valence-electron chi connectivity index (χ4n) is 5.36. The molecule has 1 fully saturated rings. The van der Waals surface area contributed by atoms with E-state index in [9.17, 15) is 18.0 Å². The Kier molecular flexibility index (Phi) is 11.6. The summed E-state index contributed by atoms with van der Waals surface area (Å²) in [6.07, 6.45) is 0.283. The van der Waals surface area contributed by atoms with Crippen LogP contribution in [-0.2, 0) is 43.9 Å². The molecule has 0 aromatic heterocycles. The van der Waals surface area contributed by atoms with Crippen LogP contribution in [0.15, 0.2) is 114 Å². The van der Waals surface area contributed by atoms with Crippen molar-refractivity contribution in [1.82, 2.24) is 14.5 Å². The number of hydrogen-bond donors (Lipinski definition) is 1. The van der Waals surface area contributed by atoms with E-state index in [2.05, 4.69) is 5.32 Å². The summed E-state index contributed by atoms with van der Waals surface area (Å²) in [6, 6.07) is 31.6. The van der Waals surface area contributed by atoms with Gasteiger partial charge in [-0.05, 0) is 41.5 Å². The van der Waals surface area contributed by atoms with Crippen molar-refractivity contribution in [1.29, 1.82) is 0 Å². The maximum Gasteiger partial charge on any atom is 0.261 e. The summed E-state index contributed by atoms with van der Waals surface area (Å²) in [5.41, 5.74) is 2.56. The van der Waals surface area contributed by atoms with Gasteiger partial charge in [-0.25, -0.2) is 8.42 Å². The average Bonchev–Trinajstić information content (AvgIpc) is 3.12. The van der Waals surface area contributed by atoms with Gasteiger partial charge in [0.2, 0.25) is 15.9 Å². The zero-order chi connectivity index (χ0) is 33.1. The number of para-hydroxylation sites is 1. The molecule has 0 spiro atoms. The second kappa shape index (κ2) is 16.2. The van der Waals surface area contributed by atoms with E-state index in [0.717, 1.165) is 16.7 Å². The first kappa shape index (κ1) is 33.6. The van der Waals surface area contributed by atoms with Crippen molar-refractivity contribution < 1.29 is 32.2 Å². The molecule has 1 heterocycles. The van der Waals surface area contributed by atoms with Gasteiger partial charge < -0.3 is 24.4 Å². The molecule has 1 N–H and O–H groups in total. The predicted octanol–water partition coefficient (Wildman–Crippen LogP) is 4.05. The summed E-state index contributed by atoms with van der Waals surface area (Å²) in [5.74, 6) is 0.273. The van der Waals surface area contributed by atoms with Crippen LogP contribution in [0.25, 0.3) is 0 Å². The number of carbonyl (C=O) groups excluding carboxylic acids is 2. The molecule has 4 aromatic rings. The molecule has 11 heteroatoms. The summed E-state index contributed by atoms with van der Waals surface area (Å²) in [7, 11) is -2.09. The number of carbonyl (C=O) groups is 2. The quantitative estimate of drug-likeness (QED) is 0.218. The second-order valence-electron chi connectivity index (χ2n) is 11.0. The van der Waals surface area contributed by atoms with Gasteiger partial charge in [0.25, 0.3) is 5.91 Å². The molecule has 0 saturated carbocycles. The summed E-state index contributed by atoms with van der Waals surface area (Å²) in [4.78, 5) is 29.6. The van der Waals surface area contributed by atoms with E-state index in [1.807, 2.05) is 84.9 Å². The van der Waals surface area contributed by atoms with Crippen molar-refractivity contribution in [3.63, 3.8) is 0 Å². The lowest BCUT2D eigenvalue weighted by Crippen LogP contribution is -2.51. The Labute approximate surface area is 275 Å². The van der Waals surface area contributed by atoms with E-state index in [1.54, 1.807) is 7.11 Å². The molecule has 4 aromatic carbocycles. The third-order valence-corrected chi connectivity index (χ3v) is 9.82. The van der Waals surface area contributed by atoms with Crippen LogP contribution in [0.4, 0.5) is 0 Å². The number of rotatable bonds is 14. The number of hydrogen-bond acceptors (Lipinski definition) is 7. The molecule has 47 heavy (non-hydrogen) atoms. The van der Waals surface area contributed by atoms with E-state index >= 15 is 0 Å². The molecular formula is C36H39N3O7S. The van der Waals surface area contributed by atoms with Gasteiger partial charge in [-0.3, -0.25) is 9.59 Å². The summed E-state index contributed by atoms with van der Waals surface area (Å²) in [5, 5.41) is 3.01. The average molecular weight is 658 g/mol. The summed E-state index contributed by atoms with van der Waals surface area (Å²) in [6.45, 7) is 1.34. The maximum atomic E-state index is 14.0. The van der Waals surface area contributed by atoms with Gasteiger partial charge in [-0.2, -0.15) is 4.31 Å².